The van der Waals surface area contributed by atoms with Gasteiger partial charge in [0.05, 0.1) is 21.8 Å². The summed E-state index contributed by atoms with van der Waals surface area (Å²) in [5.41, 5.74) is 0.0969. The van der Waals surface area contributed by atoms with Gasteiger partial charge < -0.3 is 9.31 Å². The first-order chi connectivity index (χ1) is 8.64. The zero-order valence-corrected chi connectivity index (χ0v) is 12.5. The minimum atomic E-state index is -0.612. The zero-order chi connectivity index (χ0) is 14.4. The van der Waals surface area contributed by atoms with Gasteiger partial charge in [-0.05, 0) is 40.7 Å². The average Bonchev–Trinajstić information content (AvgIpc) is 2.47. The van der Waals surface area contributed by atoms with Gasteiger partial charge in [-0.3, -0.25) is 9.78 Å². The van der Waals surface area contributed by atoms with Gasteiger partial charge in [-0.1, -0.05) is 11.6 Å². The Hall–Kier alpha value is -0.905. The summed E-state index contributed by atoms with van der Waals surface area (Å²) >= 11 is 6.17. The quantitative estimate of drug-likeness (QED) is 0.616. The van der Waals surface area contributed by atoms with Crippen LogP contribution in [0.1, 0.15) is 45.0 Å². The third-order valence-electron chi connectivity index (χ3n) is 3.75. The molecule has 6 heteroatoms. The van der Waals surface area contributed by atoms with Gasteiger partial charge in [0.2, 0.25) is 0 Å². The molecule has 1 fully saturated rings. The molecule has 0 saturated carbocycles. The van der Waals surface area contributed by atoms with E-state index < -0.39 is 18.3 Å². The molecule has 1 aromatic rings. The van der Waals surface area contributed by atoms with Crippen molar-refractivity contribution < 1.29 is 14.1 Å². The molecule has 2 heterocycles. The van der Waals surface area contributed by atoms with E-state index in [9.17, 15) is 4.79 Å². The van der Waals surface area contributed by atoms with Gasteiger partial charge >= 0.3 is 7.12 Å². The Morgan fingerprint density at radius 3 is 2.21 bits per heavy atom. The summed E-state index contributed by atoms with van der Waals surface area (Å²) in [6.07, 6.45) is 1.49. The number of nitrogens with zero attached hydrogens (tertiary/aromatic N) is 1. The van der Waals surface area contributed by atoms with Gasteiger partial charge in [-0.15, -0.1) is 0 Å². The summed E-state index contributed by atoms with van der Waals surface area (Å²) in [5.74, 6) is -0.0742. The van der Waals surface area contributed by atoms with E-state index in [0.29, 0.717) is 16.2 Å². The molecular weight excluding hydrogens is 264 g/mol. The Kier molecular flexibility index (Phi) is 3.50. The normalized spacial score (nSPS) is 20.6. The molecule has 19 heavy (non-hydrogen) atoms. The van der Waals surface area contributed by atoms with Crippen LogP contribution >= 0.6 is 11.6 Å². The second-order valence-electron chi connectivity index (χ2n) is 5.74. The number of ketones is 1. The summed E-state index contributed by atoms with van der Waals surface area (Å²) in [7, 11) is -0.612. The van der Waals surface area contributed by atoms with E-state index in [1.54, 1.807) is 6.07 Å². The second kappa shape index (κ2) is 4.58. The van der Waals surface area contributed by atoms with Gasteiger partial charge in [-0.25, -0.2) is 0 Å². The first kappa shape index (κ1) is 14.5. The molecule has 0 unspecified atom stereocenters. The third-order valence-corrected chi connectivity index (χ3v) is 4.06. The van der Waals surface area contributed by atoms with Crippen molar-refractivity contribution in [2.45, 2.75) is 45.8 Å². The fourth-order valence-corrected chi connectivity index (χ4v) is 2.02. The van der Waals surface area contributed by atoms with E-state index in [-0.39, 0.29) is 5.78 Å². The molecule has 0 spiro atoms. The van der Waals surface area contributed by atoms with Crippen LogP contribution in [-0.4, -0.2) is 29.1 Å². The van der Waals surface area contributed by atoms with Gasteiger partial charge in [0.15, 0.2) is 5.78 Å². The molecule has 0 atom stereocenters. The number of aromatic nitrogens is 1. The lowest BCUT2D eigenvalue weighted by molar-refractivity contribution is 0.00578. The number of halogens is 1. The molecule has 2 rings (SSSR count). The Morgan fingerprint density at radius 2 is 1.79 bits per heavy atom. The van der Waals surface area contributed by atoms with E-state index in [4.69, 9.17) is 20.9 Å². The van der Waals surface area contributed by atoms with Crippen molar-refractivity contribution in [2.75, 3.05) is 0 Å². The minimum absolute atomic E-state index is 0.0742. The van der Waals surface area contributed by atoms with Crippen molar-refractivity contribution in [3.8, 4) is 0 Å². The number of Topliss-reactive ketones (excluding diaryl/α,β-unsaturated/α-hetero) is 1. The molecule has 4 nitrogen and oxygen atoms in total. The first-order valence-electron chi connectivity index (χ1n) is 6.16. The number of pyridine rings is 1. The first-order valence-corrected chi connectivity index (χ1v) is 6.54. The Labute approximate surface area is 118 Å². The lowest BCUT2D eigenvalue weighted by Crippen LogP contribution is -2.41. The molecule has 0 aromatic carbocycles. The highest BCUT2D eigenvalue weighted by molar-refractivity contribution is 6.64. The Morgan fingerprint density at radius 1 is 1.26 bits per heavy atom. The molecule has 0 amide bonds. The van der Waals surface area contributed by atoms with Gasteiger partial charge in [0.1, 0.15) is 0 Å². The minimum Gasteiger partial charge on any atom is -0.398 e. The third kappa shape index (κ3) is 2.55. The van der Waals surface area contributed by atoms with Crippen LogP contribution in [0.4, 0.5) is 0 Å². The van der Waals surface area contributed by atoms with Crippen molar-refractivity contribution >= 4 is 30.1 Å². The molecule has 1 aliphatic heterocycles. The fraction of sp³-hybridized carbons (Fsp3) is 0.538. The molecule has 102 valence electrons. The summed E-state index contributed by atoms with van der Waals surface area (Å²) < 4.78 is 11.8. The smallest absolute Gasteiger partial charge is 0.398 e. The van der Waals surface area contributed by atoms with E-state index in [1.807, 2.05) is 27.7 Å². The molecule has 1 saturated heterocycles. The van der Waals surface area contributed by atoms with Gasteiger partial charge in [0.25, 0.3) is 0 Å². The van der Waals surface area contributed by atoms with Crippen molar-refractivity contribution in [1.29, 1.82) is 0 Å². The van der Waals surface area contributed by atoms with Crippen molar-refractivity contribution in [1.82, 2.24) is 4.98 Å². The van der Waals surface area contributed by atoms with Crippen LogP contribution < -0.4 is 5.59 Å². The lowest BCUT2D eigenvalue weighted by atomic mass is 9.84. The molecule has 0 N–H and O–H groups in total. The Bertz CT molecular complexity index is 515. The zero-order valence-electron chi connectivity index (χ0n) is 11.8. The summed E-state index contributed by atoms with van der Waals surface area (Å²) in [6.45, 7) is 9.33. The maximum atomic E-state index is 11.3. The highest BCUT2D eigenvalue weighted by Crippen LogP contribution is 2.36. The van der Waals surface area contributed by atoms with E-state index in [2.05, 4.69) is 4.98 Å². The predicted octanol–water partition coefficient (Wildman–Crippen LogP) is 2.24. The van der Waals surface area contributed by atoms with Crippen LogP contribution in [0.15, 0.2) is 12.3 Å². The van der Waals surface area contributed by atoms with Crippen molar-refractivity contribution in [3.05, 3.63) is 22.8 Å². The molecule has 0 aliphatic carbocycles. The summed E-state index contributed by atoms with van der Waals surface area (Å²) in [5, 5.41) is 0.381. The highest BCUT2D eigenvalue weighted by Gasteiger charge is 2.52. The van der Waals surface area contributed by atoms with Crippen LogP contribution in [0.25, 0.3) is 0 Å². The fourth-order valence-electron chi connectivity index (χ4n) is 1.77. The van der Waals surface area contributed by atoms with Crippen molar-refractivity contribution in [2.24, 2.45) is 0 Å². The molecule has 1 aliphatic rings. The number of hydrogen-bond acceptors (Lipinski definition) is 4. The maximum absolute atomic E-state index is 11.3. The topological polar surface area (TPSA) is 48.4 Å². The van der Waals surface area contributed by atoms with Crippen molar-refractivity contribution in [3.63, 3.8) is 0 Å². The van der Waals surface area contributed by atoms with Crippen LogP contribution in [-0.2, 0) is 9.31 Å². The highest BCUT2D eigenvalue weighted by atomic mass is 35.5. The number of carbonyl (C=O) groups excluding carboxylic acids is 1. The maximum Gasteiger partial charge on any atom is 0.516 e. The predicted molar refractivity (Wildman–Crippen MR) is 75.0 cm³/mol. The van der Waals surface area contributed by atoms with E-state index in [0.717, 1.165) is 0 Å². The number of hydrogen-bond donors (Lipinski definition) is 0. The summed E-state index contributed by atoms with van der Waals surface area (Å²) in [4.78, 5) is 15.5. The van der Waals surface area contributed by atoms with Crippen LogP contribution in [0.5, 0.6) is 0 Å². The molecular formula is C13H17BClNO3. The SMILES string of the molecule is CC(=O)c1cnc(B2OC(C)(C)C(C)(C)O2)c(Cl)c1. The van der Waals surface area contributed by atoms with Crippen LogP contribution in [0, 0.1) is 0 Å². The monoisotopic (exact) mass is 281 g/mol. The number of carbonyl (C=O) groups is 1. The number of rotatable bonds is 2. The van der Waals surface area contributed by atoms with E-state index >= 15 is 0 Å². The largest absolute Gasteiger partial charge is 0.516 e. The average molecular weight is 282 g/mol. The Balaban J connectivity index is 2.33. The lowest BCUT2D eigenvalue weighted by Gasteiger charge is -2.32. The second-order valence-corrected chi connectivity index (χ2v) is 6.14. The summed E-state index contributed by atoms with van der Waals surface area (Å²) in [6, 6.07) is 1.59. The molecule has 1 aromatic heterocycles. The van der Waals surface area contributed by atoms with Gasteiger partial charge in [0, 0.05) is 11.8 Å². The van der Waals surface area contributed by atoms with Gasteiger partial charge in [-0.2, -0.15) is 0 Å². The molecule has 0 bridgehead atoms. The van der Waals surface area contributed by atoms with Crippen LogP contribution in [0.3, 0.4) is 0 Å². The standard InChI is InChI=1S/C13H17BClNO3/c1-8(17)9-6-10(15)11(16-7-9)14-18-12(2,3)13(4,5)19-14/h6-7H,1-5H3. The van der Waals surface area contributed by atoms with E-state index in [1.165, 1.54) is 13.1 Å². The van der Waals surface area contributed by atoms with Crippen LogP contribution in [0.2, 0.25) is 5.02 Å². The molecule has 0 radical (unpaired) electrons.